The van der Waals surface area contributed by atoms with Gasteiger partial charge in [0.05, 0.1) is 0 Å². The molecular formula is C17H23N. The van der Waals surface area contributed by atoms with E-state index in [4.69, 9.17) is 0 Å². The van der Waals surface area contributed by atoms with E-state index in [0.717, 1.165) is 6.42 Å². The Hall–Kier alpha value is -1.50. The van der Waals surface area contributed by atoms with Gasteiger partial charge in [-0.1, -0.05) is 38.5 Å². The van der Waals surface area contributed by atoms with E-state index in [-0.39, 0.29) is 0 Å². The molecule has 2 aromatic rings. The number of allylic oxidation sites excluding steroid dienone is 1. The molecule has 0 aliphatic carbocycles. The van der Waals surface area contributed by atoms with E-state index in [1.165, 1.54) is 33.3 Å². The summed E-state index contributed by atoms with van der Waals surface area (Å²) in [6, 6.07) is 6.82. The molecule has 0 fully saturated rings. The maximum Gasteiger partial charge on any atom is 0.0464 e. The zero-order chi connectivity index (χ0) is 13.3. The maximum atomic E-state index is 3.57. The van der Waals surface area contributed by atoms with Crippen molar-refractivity contribution in [2.24, 2.45) is 0 Å². The minimum absolute atomic E-state index is 0.578. The Morgan fingerprint density at radius 3 is 2.56 bits per heavy atom. The van der Waals surface area contributed by atoms with Crippen LogP contribution in [0.5, 0.6) is 0 Å². The van der Waals surface area contributed by atoms with E-state index in [2.05, 4.69) is 63.9 Å². The fourth-order valence-electron chi connectivity index (χ4n) is 2.45. The van der Waals surface area contributed by atoms with Crippen LogP contribution in [0.3, 0.4) is 0 Å². The Balaban J connectivity index is 2.64. The molecule has 96 valence electrons. The molecule has 1 heterocycles. The van der Waals surface area contributed by atoms with Gasteiger partial charge in [0.2, 0.25) is 0 Å². The number of H-pyrrole nitrogens is 1. The molecule has 0 unspecified atom stereocenters. The van der Waals surface area contributed by atoms with Gasteiger partial charge < -0.3 is 4.98 Å². The summed E-state index contributed by atoms with van der Waals surface area (Å²) in [6.45, 7) is 11.0. The van der Waals surface area contributed by atoms with Crippen LogP contribution in [0, 0.1) is 0 Å². The number of fused-ring (bicyclic) bond motifs is 1. The number of benzene rings is 1. The van der Waals surface area contributed by atoms with Crippen LogP contribution in [0.25, 0.3) is 17.0 Å². The van der Waals surface area contributed by atoms with Crippen LogP contribution in [0.2, 0.25) is 0 Å². The predicted molar refractivity (Wildman–Crippen MR) is 81.1 cm³/mol. The second kappa shape index (κ2) is 5.01. The summed E-state index contributed by atoms with van der Waals surface area (Å²) in [6.07, 6.45) is 3.31. The number of aromatic amines is 1. The second-order valence-electron chi connectivity index (χ2n) is 5.55. The number of hydrogen-bond donors (Lipinski definition) is 1. The standard InChI is InChI=1S/C17H23N/c1-6-14-15-8-7-13(12(4)5)10-17(15)18-16(14)9-11(2)3/h7-10,12,18H,6H2,1-5H3. The van der Waals surface area contributed by atoms with Crippen molar-refractivity contribution in [2.45, 2.75) is 47.0 Å². The van der Waals surface area contributed by atoms with Crippen molar-refractivity contribution in [3.8, 4) is 0 Å². The summed E-state index contributed by atoms with van der Waals surface area (Å²) in [7, 11) is 0. The lowest BCUT2D eigenvalue weighted by molar-refractivity contribution is 0.868. The minimum atomic E-state index is 0.578. The molecule has 0 radical (unpaired) electrons. The van der Waals surface area contributed by atoms with Crippen molar-refractivity contribution < 1.29 is 0 Å². The van der Waals surface area contributed by atoms with Crippen LogP contribution in [-0.2, 0) is 6.42 Å². The molecule has 0 bridgehead atoms. The summed E-state index contributed by atoms with van der Waals surface area (Å²) in [4.78, 5) is 3.57. The first-order chi connectivity index (χ1) is 8.52. The lowest BCUT2D eigenvalue weighted by atomic mass is 10.00. The van der Waals surface area contributed by atoms with Gasteiger partial charge in [-0.05, 0) is 49.5 Å². The third-order valence-corrected chi connectivity index (χ3v) is 3.42. The molecule has 0 amide bonds. The SMILES string of the molecule is CCc1c(C=C(C)C)[nH]c2cc(C(C)C)ccc12. The lowest BCUT2D eigenvalue weighted by Crippen LogP contribution is -1.86. The molecule has 2 rings (SSSR count). The summed E-state index contributed by atoms with van der Waals surface area (Å²) in [5.41, 5.74) is 6.70. The topological polar surface area (TPSA) is 15.8 Å². The molecule has 0 atom stereocenters. The molecule has 1 heteroatoms. The Morgan fingerprint density at radius 2 is 2.00 bits per heavy atom. The van der Waals surface area contributed by atoms with Crippen molar-refractivity contribution in [3.05, 3.63) is 40.6 Å². The fraction of sp³-hybridized carbons (Fsp3) is 0.412. The molecule has 0 saturated carbocycles. The lowest BCUT2D eigenvalue weighted by Gasteiger charge is -2.04. The highest BCUT2D eigenvalue weighted by Gasteiger charge is 2.09. The van der Waals surface area contributed by atoms with Crippen LogP contribution in [0.1, 0.15) is 57.4 Å². The molecule has 0 aliphatic heterocycles. The van der Waals surface area contributed by atoms with Crippen molar-refractivity contribution in [1.29, 1.82) is 0 Å². The van der Waals surface area contributed by atoms with Crippen molar-refractivity contribution in [1.82, 2.24) is 4.98 Å². The Morgan fingerprint density at radius 1 is 1.28 bits per heavy atom. The monoisotopic (exact) mass is 241 g/mol. The number of aryl methyl sites for hydroxylation is 1. The van der Waals surface area contributed by atoms with Crippen LogP contribution in [-0.4, -0.2) is 4.98 Å². The normalized spacial score (nSPS) is 11.2. The van der Waals surface area contributed by atoms with Gasteiger partial charge in [0, 0.05) is 16.6 Å². The van der Waals surface area contributed by atoms with Gasteiger partial charge in [0.1, 0.15) is 0 Å². The summed E-state index contributed by atoms with van der Waals surface area (Å²) in [5, 5.41) is 1.37. The van der Waals surface area contributed by atoms with Gasteiger partial charge >= 0.3 is 0 Å². The summed E-state index contributed by atoms with van der Waals surface area (Å²) in [5.74, 6) is 0.578. The first kappa shape index (κ1) is 12.9. The molecule has 0 saturated heterocycles. The number of aromatic nitrogens is 1. The highest BCUT2D eigenvalue weighted by atomic mass is 14.7. The largest absolute Gasteiger partial charge is 0.355 e. The third-order valence-electron chi connectivity index (χ3n) is 3.42. The van der Waals surface area contributed by atoms with Crippen molar-refractivity contribution in [3.63, 3.8) is 0 Å². The smallest absolute Gasteiger partial charge is 0.0464 e. The average Bonchev–Trinajstić information content (AvgIpc) is 2.63. The third kappa shape index (κ3) is 2.35. The van der Waals surface area contributed by atoms with Crippen molar-refractivity contribution in [2.75, 3.05) is 0 Å². The average molecular weight is 241 g/mol. The van der Waals surface area contributed by atoms with Gasteiger partial charge in [-0.15, -0.1) is 0 Å². The maximum absolute atomic E-state index is 3.57. The van der Waals surface area contributed by atoms with E-state index in [9.17, 15) is 0 Å². The quantitative estimate of drug-likeness (QED) is 0.752. The zero-order valence-electron chi connectivity index (χ0n) is 12.1. The van der Waals surface area contributed by atoms with E-state index in [0.29, 0.717) is 5.92 Å². The molecule has 0 aliphatic rings. The van der Waals surface area contributed by atoms with E-state index >= 15 is 0 Å². The van der Waals surface area contributed by atoms with Crippen LogP contribution in [0.4, 0.5) is 0 Å². The summed E-state index contributed by atoms with van der Waals surface area (Å²) >= 11 is 0. The molecule has 1 aromatic heterocycles. The Bertz CT molecular complexity index is 581. The van der Waals surface area contributed by atoms with Gasteiger partial charge in [-0.2, -0.15) is 0 Å². The van der Waals surface area contributed by atoms with Gasteiger partial charge in [0.25, 0.3) is 0 Å². The van der Waals surface area contributed by atoms with Crippen LogP contribution >= 0.6 is 0 Å². The Kier molecular flexibility index (Phi) is 3.60. The molecule has 1 N–H and O–H groups in total. The van der Waals surface area contributed by atoms with Gasteiger partial charge in [-0.3, -0.25) is 0 Å². The first-order valence-corrected chi connectivity index (χ1v) is 6.82. The molecule has 18 heavy (non-hydrogen) atoms. The number of hydrogen-bond acceptors (Lipinski definition) is 0. The molecule has 0 spiro atoms. The summed E-state index contributed by atoms with van der Waals surface area (Å²) < 4.78 is 0. The van der Waals surface area contributed by atoms with Crippen molar-refractivity contribution >= 4 is 17.0 Å². The van der Waals surface area contributed by atoms with E-state index < -0.39 is 0 Å². The van der Waals surface area contributed by atoms with Crippen LogP contribution < -0.4 is 0 Å². The van der Waals surface area contributed by atoms with Gasteiger partial charge in [-0.25, -0.2) is 0 Å². The Labute approximate surface area is 110 Å². The number of nitrogens with one attached hydrogen (secondary N) is 1. The molecule has 1 nitrogen and oxygen atoms in total. The molecular weight excluding hydrogens is 218 g/mol. The highest BCUT2D eigenvalue weighted by molar-refractivity contribution is 5.88. The molecule has 1 aromatic carbocycles. The fourth-order valence-corrected chi connectivity index (χ4v) is 2.45. The zero-order valence-corrected chi connectivity index (χ0v) is 12.1. The van der Waals surface area contributed by atoms with E-state index in [1.807, 2.05) is 0 Å². The first-order valence-electron chi connectivity index (χ1n) is 6.82. The van der Waals surface area contributed by atoms with Crippen LogP contribution in [0.15, 0.2) is 23.8 Å². The minimum Gasteiger partial charge on any atom is -0.355 e. The number of rotatable bonds is 3. The van der Waals surface area contributed by atoms with E-state index in [1.54, 1.807) is 0 Å². The highest BCUT2D eigenvalue weighted by Crippen LogP contribution is 2.27. The second-order valence-corrected chi connectivity index (χ2v) is 5.55. The predicted octanol–water partition coefficient (Wildman–Crippen LogP) is 5.28. The van der Waals surface area contributed by atoms with Gasteiger partial charge in [0.15, 0.2) is 0 Å².